The predicted octanol–water partition coefficient (Wildman–Crippen LogP) is 4.42. The zero-order valence-corrected chi connectivity index (χ0v) is 14.5. The summed E-state index contributed by atoms with van der Waals surface area (Å²) in [5, 5.41) is 2.94. The molecule has 4 aromatic rings. The van der Waals surface area contributed by atoms with Crippen molar-refractivity contribution >= 4 is 22.6 Å². The molecule has 0 radical (unpaired) electrons. The average Bonchev–Trinajstić information content (AvgIpc) is 3.00. The van der Waals surface area contributed by atoms with Gasteiger partial charge in [0.25, 0.3) is 0 Å². The van der Waals surface area contributed by atoms with Gasteiger partial charge in [-0.1, -0.05) is 42.5 Å². The van der Waals surface area contributed by atoms with Crippen LogP contribution in [-0.2, 0) is 18.3 Å². The van der Waals surface area contributed by atoms with Gasteiger partial charge in [0.15, 0.2) is 0 Å². The fraction of sp³-hybridized carbons (Fsp3) is 0.0909. The maximum Gasteiger partial charge on any atom is 0.228 e. The number of imidazole rings is 1. The summed E-state index contributed by atoms with van der Waals surface area (Å²) in [6, 6.07) is 25.6. The first-order valence-electron chi connectivity index (χ1n) is 8.56. The Balaban J connectivity index is 1.51. The molecule has 1 aromatic heterocycles. The summed E-state index contributed by atoms with van der Waals surface area (Å²) in [4.78, 5) is 16.9. The fourth-order valence-corrected chi connectivity index (χ4v) is 3.09. The van der Waals surface area contributed by atoms with E-state index in [2.05, 4.69) is 16.0 Å². The lowest BCUT2D eigenvalue weighted by Gasteiger charge is -2.07. The van der Waals surface area contributed by atoms with Gasteiger partial charge in [0.05, 0.1) is 17.5 Å². The topological polar surface area (TPSA) is 46.9 Å². The molecular formula is C22H19N3O. The van der Waals surface area contributed by atoms with Crippen LogP contribution >= 0.6 is 0 Å². The number of rotatable bonds is 4. The SMILES string of the molecule is Cn1c(-c2ccc(NC(=O)Cc3ccccc3)cc2)nc2ccccc21. The Bertz CT molecular complexity index is 1050. The predicted molar refractivity (Wildman–Crippen MR) is 105 cm³/mol. The van der Waals surface area contributed by atoms with Crippen LogP contribution in [-0.4, -0.2) is 15.5 Å². The van der Waals surface area contributed by atoms with E-state index in [0.29, 0.717) is 6.42 Å². The van der Waals surface area contributed by atoms with Crippen LogP contribution in [0.3, 0.4) is 0 Å². The Labute approximate surface area is 152 Å². The largest absolute Gasteiger partial charge is 0.327 e. The van der Waals surface area contributed by atoms with Crippen molar-refractivity contribution < 1.29 is 4.79 Å². The first kappa shape index (κ1) is 16.1. The Morgan fingerprint density at radius 3 is 2.35 bits per heavy atom. The van der Waals surface area contributed by atoms with Crippen LogP contribution in [0.15, 0.2) is 78.9 Å². The van der Waals surface area contributed by atoms with E-state index in [1.165, 1.54) is 0 Å². The zero-order chi connectivity index (χ0) is 17.9. The van der Waals surface area contributed by atoms with Crippen molar-refractivity contribution in [1.29, 1.82) is 0 Å². The van der Waals surface area contributed by atoms with Gasteiger partial charge in [0.1, 0.15) is 5.82 Å². The number of aryl methyl sites for hydroxylation is 1. The molecule has 26 heavy (non-hydrogen) atoms. The third-order valence-electron chi connectivity index (χ3n) is 4.42. The van der Waals surface area contributed by atoms with Crippen LogP contribution in [0.4, 0.5) is 5.69 Å². The van der Waals surface area contributed by atoms with Crippen molar-refractivity contribution in [2.75, 3.05) is 5.32 Å². The van der Waals surface area contributed by atoms with E-state index in [9.17, 15) is 4.79 Å². The lowest BCUT2D eigenvalue weighted by atomic mass is 10.1. The molecule has 0 aliphatic carbocycles. The van der Waals surface area contributed by atoms with Gasteiger partial charge in [-0.2, -0.15) is 0 Å². The number of anilines is 1. The second kappa shape index (κ2) is 6.84. The first-order chi connectivity index (χ1) is 12.7. The molecule has 0 spiro atoms. The molecule has 0 unspecified atom stereocenters. The molecule has 3 aromatic carbocycles. The highest BCUT2D eigenvalue weighted by molar-refractivity contribution is 5.92. The van der Waals surface area contributed by atoms with Gasteiger partial charge in [-0.3, -0.25) is 4.79 Å². The molecule has 4 heteroatoms. The van der Waals surface area contributed by atoms with Gasteiger partial charge in [0.2, 0.25) is 5.91 Å². The summed E-state index contributed by atoms with van der Waals surface area (Å²) >= 11 is 0. The first-order valence-corrected chi connectivity index (χ1v) is 8.56. The number of hydrogen-bond donors (Lipinski definition) is 1. The van der Waals surface area contributed by atoms with Gasteiger partial charge in [0, 0.05) is 18.3 Å². The Kier molecular flexibility index (Phi) is 4.23. The molecular weight excluding hydrogens is 322 g/mol. The zero-order valence-electron chi connectivity index (χ0n) is 14.5. The number of nitrogens with one attached hydrogen (secondary N) is 1. The number of para-hydroxylation sites is 2. The molecule has 4 rings (SSSR count). The van der Waals surface area contributed by atoms with E-state index >= 15 is 0 Å². The monoisotopic (exact) mass is 341 g/mol. The summed E-state index contributed by atoms with van der Waals surface area (Å²) in [6.07, 6.45) is 0.368. The lowest BCUT2D eigenvalue weighted by Crippen LogP contribution is -2.14. The Hall–Kier alpha value is -3.40. The molecule has 1 N–H and O–H groups in total. The van der Waals surface area contributed by atoms with Crippen molar-refractivity contribution in [3.05, 3.63) is 84.4 Å². The molecule has 0 atom stereocenters. The number of fused-ring (bicyclic) bond motifs is 1. The maximum atomic E-state index is 12.2. The van der Waals surface area contributed by atoms with Crippen LogP contribution in [0.1, 0.15) is 5.56 Å². The van der Waals surface area contributed by atoms with Gasteiger partial charge in [-0.05, 0) is 42.0 Å². The number of amides is 1. The van der Waals surface area contributed by atoms with E-state index < -0.39 is 0 Å². The van der Waals surface area contributed by atoms with Crippen LogP contribution in [0.5, 0.6) is 0 Å². The molecule has 4 nitrogen and oxygen atoms in total. The van der Waals surface area contributed by atoms with Gasteiger partial charge < -0.3 is 9.88 Å². The highest BCUT2D eigenvalue weighted by Crippen LogP contribution is 2.24. The van der Waals surface area contributed by atoms with E-state index in [-0.39, 0.29) is 5.91 Å². The summed E-state index contributed by atoms with van der Waals surface area (Å²) in [6.45, 7) is 0. The van der Waals surface area contributed by atoms with Crippen LogP contribution < -0.4 is 5.32 Å². The highest BCUT2D eigenvalue weighted by Gasteiger charge is 2.10. The van der Waals surface area contributed by atoms with Gasteiger partial charge >= 0.3 is 0 Å². The maximum absolute atomic E-state index is 12.2. The minimum Gasteiger partial charge on any atom is -0.327 e. The molecule has 0 saturated heterocycles. The van der Waals surface area contributed by atoms with Gasteiger partial charge in [-0.15, -0.1) is 0 Å². The Morgan fingerprint density at radius 1 is 0.923 bits per heavy atom. The minimum atomic E-state index is -0.0216. The quantitative estimate of drug-likeness (QED) is 0.597. The molecule has 0 aliphatic rings. The van der Waals surface area contributed by atoms with E-state index in [4.69, 9.17) is 4.98 Å². The van der Waals surface area contributed by atoms with Crippen molar-refractivity contribution in [3.63, 3.8) is 0 Å². The summed E-state index contributed by atoms with van der Waals surface area (Å²) < 4.78 is 2.08. The molecule has 0 fully saturated rings. The smallest absolute Gasteiger partial charge is 0.228 e. The molecule has 1 heterocycles. The third-order valence-corrected chi connectivity index (χ3v) is 4.42. The highest BCUT2D eigenvalue weighted by atomic mass is 16.1. The van der Waals surface area contributed by atoms with Gasteiger partial charge in [-0.25, -0.2) is 4.98 Å². The number of aromatic nitrogens is 2. The van der Waals surface area contributed by atoms with Crippen molar-refractivity contribution in [1.82, 2.24) is 9.55 Å². The normalized spacial score (nSPS) is 10.8. The van der Waals surface area contributed by atoms with Crippen LogP contribution in [0.2, 0.25) is 0 Å². The molecule has 0 saturated carbocycles. The lowest BCUT2D eigenvalue weighted by molar-refractivity contribution is -0.115. The number of carbonyl (C=O) groups is 1. The summed E-state index contributed by atoms with van der Waals surface area (Å²) in [5.74, 6) is 0.889. The summed E-state index contributed by atoms with van der Waals surface area (Å²) in [5.41, 5.74) is 4.88. The summed E-state index contributed by atoms with van der Waals surface area (Å²) in [7, 11) is 2.01. The number of nitrogens with zero attached hydrogens (tertiary/aromatic N) is 2. The standard InChI is InChI=1S/C22H19N3O/c1-25-20-10-6-5-9-19(20)24-22(25)17-11-13-18(14-12-17)23-21(26)15-16-7-3-2-4-8-16/h2-14H,15H2,1H3,(H,23,26). The second-order valence-corrected chi connectivity index (χ2v) is 6.27. The second-order valence-electron chi connectivity index (χ2n) is 6.27. The van der Waals surface area contributed by atoms with Crippen LogP contribution in [0, 0.1) is 0 Å². The van der Waals surface area contributed by atoms with Crippen molar-refractivity contribution in [2.45, 2.75) is 6.42 Å². The van der Waals surface area contributed by atoms with Crippen LogP contribution in [0.25, 0.3) is 22.4 Å². The van der Waals surface area contributed by atoms with E-state index in [1.54, 1.807) is 0 Å². The molecule has 1 amide bonds. The molecule has 128 valence electrons. The average molecular weight is 341 g/mol. The minimum absolute atomic E-state index is 0.0216. The third kappa shape index (κ3) is 3.22. The van der Waals surface area contributed by atoms with Crippen molar-refractivity contribution in [2.24, 2.45) is 7.05 Å². The number of carbonyl (C=O) groups excluding carboxylic acids is 1. The number of benzene rings is 3. The van der Waals surface area contributed by atoms with Crippen molar-refractivity contribution in [3.8, 4) is 11.4 Å². The van der Waals surface area contributed by atoms with E-state index in [1.807, 2.05) is 79.8 Å². The molecule has 0 aliphatic heterocycles. The fourth-order valence-electron chi connectivity index (χ4n) is 3.09. The number of hydrogen-bond acceptors (Lipinski definition) is 2. The Morgan fingerprint density at radius 2 is 1.62 bits per heavy atom. The molecule has 0 bridgehead atoms. The van der Waals surface area contributed by atoms with E-state index in [0.717, 1.165) is 33.7 Å².